The molecule has 0 saturated carbocycles. The molecule has 0 aromatic heterocycles. The van der Waals surface area contributed by atoms with E-state index in [2.05, 4.69) is 55.1 Å². The van der Waals surface area contributed by atoms with Gasteiger partial charge in [0.2, 0.25) is 0 Å². The Labute approximate surface area is 202 Å². The van der Waals surface area contributed by atoms with Gasteiger partial charge in [-0.25, -0.2) is 20.0 Å². The monoisotopic (exact) mass is 540 g/mol. The molecule has 0 amide bonds. The van der Waals surface area contributed by atoms with Crippen molar-refractivity contribution >= 4 is 60.3 Å². The lowest BCUT2D eigenvalue weighted by Crippen LogP contribution is -1.91. The quantitative estimate of drug-likeness (QED) is 0.383. The Bertz CT molecular complexity index is 1440. The molecule has 0 aliphatic carbocycles. The van der Waals surface area contributed by atoms with Crippen molar-refractivity contribution in [2.75, 3.05) is 0 Å². The molecule has 0 radical (unpaired) electrons. The van der Waals surface area contributed by atoms with E-state index >= 15 is 0 Å². The van der Waals surface area contributed by atoms with E-state index in [0.717, 1.165) is 65.7 Å². The van der Waals surface area contributed by atoms with Crippen LogP contribution in [-0.4, -0.2) is 22.8 Å². The fraction of sp³-hybridized carbons (Fsp3) is 0. The summed E-state index contributed by atoms with van der Waals surface area (Å²) < 4.78 is 2.00. The van der Waals surface area contributed by atoms with E-state index in [9.17, 15) is 0 Å². The van der Waals surface area contributed by atoms with Crippen LogP contribution >= 0.6 is 31.9 Å². The van der Waals surface area contributed by atoms with Gasteiger partial charge in [-0.05, 0) is 90.6 Å². The van der Waals surface area contributed by atoms with Crippen molar-refractivity contribution in [3.63, 3.8) is 0 Å². The molecular formula is C26H14Br2N4. The van der Waals surface area contributed by atoms with E-state index in [0.29, 0.717) is 0 Å². The molecule has 4 nitrogen and oxygen atoms in total. The van der Waals surface area contributed by atoms with E-state index in [-0.39, 0.29) is 0 Å². The second kappa shape index (κ2) is 7.73. The predicted molar refractivity (Wildman–Crippen MR) is 139 cm³/mol. The average Bonchev–Trinajstić information content (AvgIpc) is 3.52. The minimum Gasteiger partial charge on any atom is -0.249 e. The standard InChI is InChI=1S/C26H14Br2N4/c27-16-7-15(8-17(28)9-16)25-13-24-12-22-4-3-20(30-22)10-18-1-2-19(29-18)11-21-5-6-23(31-21)14-26(25)32-24/h1-14H. The molecule has 5 aliphatic rings. The van der Waals surface area contributed by atoms with Crippen molar-refractivity contribution in [2.24, 2.45) is 20.0 Å². The van der Waals surface area contributed by atoms with Gasteiger partial charge >= 0.3 is 0 Å². The van der Waals surface area contributed by atoms with Crippen LogP contribution in [0.3, 0.4) is 0 Å². The summed E-state index contributed by atoms with van der Waals surface area (Å²) in [6.07, 6.45) is 22.0. The Hall–Kier alpha value is -3.22. The molecule has 6 heteroatoms. The summed E-state index contributed by atoms with van der Waals surface area (Å²) in [7, 11) is 0. The number of aliphatic imine (C=N–C) groups is 4. The van der Waals surface area contributed by atoms with Crippen LogP contribution in [0.4, 0.5) is 0 Å². The number of fused-ring (bicyclic) bond motifs is 4. The second-order valence-electron chi connectivity index (χ2n) is 7.60. The van der Waals surface area contributed by atoms with Crippen LogP contribution in [0.5, 0.6) is 0 Å². The van der Waals surface area contributed by atoms with Crippen LogP contribution in [0.15, 0.2) is 137 Å². The number of nitrogens with zero attached hydrogens (tertiary/aromatic N) is 4. The summed E-state index contributed by atoms with van der Waals surface area (Å²) in [6, 6.07) is 6.21. The molecule has 0 unspecified atom stereocenters. The Morgan fingerprint density at radius 1 is 0.469 bits per heavy atom. The van der Waals surface area contributed by atoms with Gasteiger partial charge in [-0.3, -0.25) is 0 Å². The van der Waals surface area contributed by atoms with E-state index in [1.54, 1.807) is 0 Å². The maximum Gasteiger partial charge on any atom is 0.0737 e. The predicted octanol–water partition coefficient (Wildman–Crippen LogP) is 6.63. The molecule has 5 heterocycles. The lowest BCUT2D eigenvalue weighted by molar-refractivity contribution is 1.41. The van der Waals surface area contributed by atoms with Gasteiger partial charge in [0.05, 0.1) is 45.6 Å². The molecule has 32 heavy (non-hydrogen) atoms. The van der Waals surface area contributed by atoms with Crippen molar-refractivity contribution in [3.05, 3.63) is 122 Å². The van der Waals surface area contributed by atoms with Crippen LogP contribution in [0, 0.1) is 0 Å². The molecule has 8 bridgehead atoms. The van der Waals surface area contributed by atoms with Crippen molar-refractivity contribution in [1.29, 1.82) is 0 Å². The van der Waals surface area contributed by atoms with Gasteiger partial charge in [-0.1, -0.05) is 31.9 Å². The molecule has 0 saturated heterocycles. The molecular weight excluding hydrogens is 528 g/mol. The summed E-state index contributed by atoms with van der Waals surface area (Å²) in [4.78, 5) is 19.0. The molecule has 152 valence electrons. The van der Waals surface area contributed by atoms with Gasteiger partial charge in [-0.2, -0.15) is 0 Å². The number of rotatable bonds is 1. The third-order valence-electron chi connectivity index (χ3n) is 5.21. The Morgan fingerprint density at radius 3 is 1.53 bits per heavy atom. The first-order chi connectivity index (χ1) is 15.6. The van der Waals surface area contributed by atoms with Crippen LogP contribution < -0.4 is 0 Å². The topological polar surface area (TPSA) is 49.4 Å². The zero-order chi connectivity index (χ0) is 21.7. The first kappa shape index (κ1) is 19.5. The molecule has 0 spiro atoms. The molecule has 0 fully saturated rings. The highest BCUT2D eigenvalue weighted by atomic mass is 79.9. The van der Waals surface area contributed by atoms with Crippen LogP contribution in [0.2, 0.25) is 0 Å². The van der Waals surface area contributed by atoms with Gasteiger partial charge in [0.15, 0.2) is 0 Å². The van der Waals surface area contributed by atoms with Crippen molar-refractivity contribution < 1.29 is 0 Å². The van der Waals surface area contributed by atoms with E-state index in [4.69, 9.17) is 15.0 Å². The summed E-state index contributed by atoms with van der Waals surface area (Å²) in [5.41, 5.74) is 9.04. The fourth-order valence-electron chi connectivity index (χ4n) is 3.84. The highest BCUT2D eigenvalue weighted by Crippen LogP contribution is 2.34. The van der Waals surface area contributed by atoms with Crippen LogP contribution in [0.25, 0.3) is 5.57 Å². The fourth-order valence-corrected chi connectivity index (χ4v) is 5.13. The third-order valence-corrected chi connectivity index (χ3v) is 6.13. The zero-order valence-corrected chi connectivity index (χ0v) is 19.8. The number of halogens is 2. The van der Waals surface area contributed by atoms with Crippen LogP contribution in [-0.2, 0) is 0 Å². The first-order valence-corrected chi connectivity index (χ1v) is 11.6. The third kappa shape index (κ3) is 3.87. The number of hydrogen-bond donors (Lipinski definition) is 0. The molecule has 5 aliphatic heterocycles. The lowest BCUT2D eigenvalue weighted by Gasteiger charge is -2.06. The summed E-state index contributed by atoms with van der Waals surface area (Å²) in [5, 5.41) is 0. The van der Waals surface area contributed by atoms with Gasteiger partial charge in [0.25, 0.3) is 0 Å². The lowest BCUT2D eigenvalue weighted by atomic mass is 10.0. The molecule has 6 rings (SSSR count). The minimum absolute atomic E-state index is 0.853. The molecule has 0 atom stereocenters. The Morgan fingerprint density at radius 2 is 0.969 bits per heavy atom. The zero-order valence-electron chi connectivity index (χ0n) is 16.6. The van der Waals surface area contributed by atoms with Crippen molar-refractivity contribution in [3.8, 4) is 0 Å². The SMILES string of the molecule is Brc1cc(Br)cc(C2=CC3=NC2=CC2=NC(=CC4=NC(=CC5=NC(=C3)C=C5)C=C4)C=C2)c1. The smallest absolute Gasteiger partial charge is 0.0737 e. The summed E-state index contributed by atoms with van der Waals surface area (Å²) in [6.45, 7) is 0. The van der Waals surface area contributed by atoms with Crippen molar-refractivity contribution in [2.45, 2.75) is 0 Å². The minimum atomic E-state index is 0.853. The van der Waals surface area contributed by atoms with Gasteiger partial charge < -0.3 is 0 Å². The van der Waals surface area contributed by atoms with Crippen molar-refractivity contribution in [1.82, 2.24) is 0 Å². The maximum absolute atomic E-state index is 4.90. The van der Waals surface area contributed by atoms with Crippen LogP contribution in [0.1, 0.15) is 5.56 Å². The average molecular weight is 542 g/mol. The highest BCUT2D eigenvalue weighted by Gasteiger charge is 2.19. The highest BCUT2D eigenvalue weighted by molar-refractivity contribution is 9.11. The Kier molecular flexibility index (Phi) is 4.70. The largest absolute Gasteiger partial charge is 0.249 e. The van der Waals surface area contributed by atoms with E-state index in [1.165, 1.54) is 0 Å². The molecule has 1 aromatic rings. The number of allylic oxidation sites excluding steroid dienone is 12. The van der Waals surface area contributed by atoms with Gasteiger partial charge in [0.1, 0.15) is 0 Å². The molecule has 0 N–H and O–H groups in total. The van der Waals surface area contributed by atoms with E-state index < -0.39 is 0 Å². The number of hydrogen-bond acceptors (Lipinski definition) is 4. The van der Waals surface area contributed by atoms with Gasteiger partial charge in [-0.15, -0.1) is 0 Å². The first-order valence-electron chi connectivity index (χ1n) is 10.0. The normalized spacial score (nSPS) is 20.2. The van der Waals surface area contributed by atoms with Gasteiger partial charge in [0, 0.05) is 14.5 Å². The summed E-state index contributed by atoms with van der Waals surface area (Å²) in [5.74, 6) is 0. The number of benzene rings is 1. The molecule has 1 aromatic carbocycles. The maximum atomic E-state index is 4.90. The Balaban J connectivity index is 1.51. The summed E-state index contributed by atoms with van der Waals surface area (Å²) >= 11 is 7.20. The van der Waals surface area contributed by atoms with E-state index in [1.807, 2.05) is 66.8 Å². The second-order valence-corrected chi connectivity index (χ2v) is 9.43.